The molecule has 3 nitrogen and oxygen atoms in total. The molecule has 1 fully saturated rings. The molecule has 0 bridgehead atoms. The molecule has 3 atom stereocenters. The number of anilines is 2. The summed E-state index contributed by atoms with van der Waals surface area (Å²) in [6.45, 7) is 4.68. The van der Waals surface area contributed by atoms with E-state index in [4.69, 9.17) is 10.5 Å². The van der Waals surface area contributed by atoms with Crippen LogP contribution in [0.3, 0.4) is 0 Å². The molecule has 0 heterocycles. The van der Waals surface area contributed by atoms with Gasteiger partial charge in [0.15, 0.2) is 0 Å². The molecule has 0 aliphatic heterocycles. The Morgan fingerprint density at radius 2 is 2.06 bits per heavy atom. The lowest BCUT2D eigenvalue weighted by molar-refractivity contribution is 0.276. The number of hydrogen-bond donors (Lipinski definition) is 2. The molecular formula is C15H24N2O. The summed E-state index contributed by atoms with van der Waals surface area (Å²) >= 11 is 0. The zero-order valence-electron chi connectivity index (χ0n) is 11.6. The van der Waals surface area contributed by atoms with E-state index in [1.165, 1.54) is 19.3 Å². The van der Waals surface area contributed by atoms with Crippen molar-refractivity contribution in [2.45, 2.75) is 39.2 Å². The maximum absolute atomic E-state index is 5.83. The third kappa shape index (κ3) is 2.89. The summed E-state index contributed by atoms with van der Waals surface area (Å²) in [6, 6.07) is 6.48. The normalized spacial score (nSPS) is 27.8. The quantitative estimate of drug-likeness (QED) is 0.805. The van der Waals surface area contributed by atoms with Crippen LogP contribution in [0.5, 0.6) is 5.75 Å². The second kappa shape index (κ2) is 5.51. The van der Waals surface area contributed by atoms with E-state index >= 15 is 0 Å². The first-order chi connectivity index (χ1) is 8.60. The molecule has 0 saturated heterocycles. The summed E-state index contributed by atoms with van der Waals surface area (Å²) in [5.41, 5.74) is 7.62. The van der Waals surface area contributed by atoms with E-state index in [2.05, 4.69) is 19.2 Å². The van der Waals surface area contributed by atoms with Crippen molar-refractivity contribution < 1.29 is 4.74 Å². The molecule has 1 aromatic rings. The molecule has 1 aliphatic carbocycles. The minimum Gasteiger partial charge on any atom is -0.495 e. The van der Waals surface area contributed by atoms with Gasteiger partial charge in [-0.25, -0.2) is 0 Å². The second-order valence-electron chi connectivity index (χ2n) is 5.60. The largest absolute Gasteiger partial charge is 0.495 e. The standard InChI is InChI=1S/C15H24N2O/c1-10-4-7-14(11(2)8-10)17-12-5-6-13(16)15(9-12)18-3/h5-6,9-11,14,17H,4,7-8,16H2,1-3H3. The van der Waals surface area contributed by atoms with Crippen LogP contribution in [0.15, 0.2) is 18.2 Å². The predicted octanol–water partition coefficient (Wildman–Crippen LogP) is 3.51. The Labute approximate surface area is 110 Å². The molecule has 100 valence electrons. The summed E-state index contributed by atoms with van der Waals surface area (Å²) in [7, 11) is 1.65. The molecule has 2 rings (SSSR count). The van der Waals surface area contributed by atoms with Gasteiger partial charge in [0, 0.05) is 17.8 Å². The smallest absolute Gasteiger partial charge is 0.143 e. The van der Waals surface area contributed by atoms with Gasteiger partial charge in [-0.05, 0) is 43.2 Å². The van der Waals surface area contributed by atoms with Gasteiger partial charge in [0.1, 0.15) is 5.75 Å². The Balaban J connectivity index is 2.05. The van der Waals surface area contributed by atoms with E-state index in [1.54, 1.807) is 7.11 Å². The van der Waals surface area contributed by atoms with E-state index in [9.17, 15) is 0 Å². The van der Waals surface area contributed by atoms with Crippen LogP contribution in [-0.2, 0) is 0 Å². The Kier molecular flexibility index (Phi) is 4.00. The summed E-state index contributed by atoms with van der Waals surface area (Å²) in [6.07, 6.45) is 3.87. The number of nitrogens with one attached hydrogen (secondary N) is 1. The number of nitrogens with two attached hydrogens (primary N) is 1. The van der Waals surface area contributed by atoms with Gasteiger partial charge < -0.3 is 15.8 Å². The highest BCUT2D eigenvalue weighted by molar-refractivity contribution is 5.61. The highest BCUT2D eigenvalue weighted by Crippen LogP contribution is 2.32. The number of nitrogen functional groups attached to an aromatic ring is 1. The molecule has 3 unspecified atom stereocenters. The van der Waals surface area contributed by atoms with Gasteiger partial charge in [0.05, 0.1) is 12.8 Å². The second-order valence-corrected chi connectivity index (χ2v) is 5.60. The Hall–Kier alpha value is -1.38. The zero-order chi connectivity index (χ0) is 13.1. The number of methoxy groups -OCH3 is 1. The molecule has 1 saturated carbocycles. The lowest BCUT2D eigenvalue weighted by Gasteiger charge is -2.34. The highest BCUT2D eigenvalue weighted by Gasteiger charge is 2.25. The number of rotatable bonds is 3. The topological polar surface area (TPSA) is 47.3 Å². The Morgan fingerprint density at radius 1 is 1.28 bits per heavy atom. The fourth-order valence-electron chi connectivity index (χ4n) is 2.89. The third-order valence-electron chi connectivity index (χ3n) is 4.02. The summed E-state index contributed by atoms with van der Waals surface area (Å²) < 4.78 is 5.25. The molecule has 3 N–H and O–H groups in total. The van der Waals surface area contributed by atoms with Crippen LogP contribution in [0.1, 0.15) is 33.1 Å². The first-order valence-electron chi connectivity index (χ1n) is 6.80. The molecule has 3 heteroatoms. The van der Waals surface area contributed by atoms with E-state index in [1.807, 2.05) is 18.2 Å². The van der Waals surface area contributed by atoms with Crippen LogP contribution in [-0.4, -0.2) is 13.2 Å². The van der Waals surface area contributed by atoms with Crippen molar-refractivity contribution in [3.8, 4) is 5.75 Å². The first-order valence-corrected chi connectivity index (χ1v) is 6.80. The van der Waals surface area contributed by atoms with Crippen molar-refractivity contribution in [1.82, 2.24) is 0 Å². The summed E-state index contributed by atoms with van der Waals surface area (Å²) in [5, 5.41) is 3.62. The Bertz CT molecular complexity index is 405. The van der Waals surface area contributed by atoms with Crippen molar-refractivity contribution in [3.63, 3.8) is 0 Å². The van der Waals surface area contributed by atoms with Crippen LogP contribution >= 0.6 is 0 Å². The van der Waals surface area contributed by atoms with Gasteiger partial charge in [-0.2, -0.15) is 0 Å². The lowest BCUT2D eigenvalue weighted by Crippen LogP contribution is -2.32. The first kappa shape index (κ1) is 13.1. The van der Waals surface area contributed by atoms with Crippen molar-refractivity contribution in [3.05, 3.63) is 18.2 Å². The van der Waals surface area contributed by atoms with Crippen molar-refractivity contribution in [2.75, 3.05) is 18.2 Å². The lowest BCUT2D eigenvalue weighted by atomic mass is 9.80. The van der Waals surface area contributed by atoms with Crippen molar-refractivity contribution in [2.24, 2.45) is 11.8 Å². The van der Waals surface area contributed by atoms with Gasteiger partial charge in [0.2, 0.25) is 0 Å². The Morgan fingerprint density at radius 3 is 2.72 bits per heavy atom. The molecular weight excluding hydrogens is 224 g/mol. The number of benzene rings is 1. The average molecular weight is 248 g/mol. The van der Waals surface area contributed by atoms with E-state index in [0.717, 1.165) is 23.3 Å². The summed E-state index contributed by atoms with van der Waals surface area (Å²) in [5.74, 6) is 2.33. The van der Waals surface area contributed by atoms with Crippen LogP contribution in [0.25, 0.3) is 0 Å². The van der Waals surface area contributed by atoms with E-state index in [0.29, 0.717) is 11.7 Å². The van der Waals surface area contributed by atoms with Crippen LogP contribution in [0, 0.1) is 11.8 Å². The van der Waals surface area contributed by atoms with Gasteiger partial charge in [-0.15, -0.1) is 0 Å². The van der Waals surface area contributed by atoms with Gasteiger partial charge in [0.25, 0.3) is 0 Å². The predicted molar refractivity (Wildman–Crippen MR) is 77.0 cm³/mol. The molecule has 0 spiro atoms. The average Bonchev–Trinajstić information content (AvgIpc) is 2.35. The number of ether oxygens (including phenoxy) is 1. The minimum absolute atomic E-state index is 0.564. The molecule has 1 aliphatic rings. The van der Waals surface area contributed by atoms with Crippen LogP contribution in [0.4, 0.5) is 11.4 Å². The van der Waals surface area contributed by atoms with Gasteiger partial charge in [-0.1, -0.05) is 13.8 Å². The summed E-state index contributed by atoms with van der Waals surface area (Å²) in [4.78, 5) is 0. The van der Waals surface area contributed by atoms with Crippen molar-refractivity contribution in [1.29, 1.82) is 0 Å². The zero-order valence-corrected chi connectivity index (χ0v) is 11.6. The highest BCUT2D eigenvalue weighted by atomic mass is 16.5. The van der Waals surface area contributed by atoms with E-state index < -0.39 is 0 Å². The van der Waals surface area contributed by atoms with Gasteiger partial charge >= 0.3 is 0 Å². The number of hydrogen-bond acceptors (Lipinski definition) is 3. The molecule has 0 radical (unpaired) electrons. The maximum Gasteiger partial charge on any atom is 0.143 e. The van der Waals surface area contributed by atoms with E-state index in [-0.39, 0.29) is 0 Å². The minimum atomic E-state index is 0.564. The molecule has 1 aromatic carbocycles. The fraction of sp³-hybridized carbons (Fsp3) is 0.600. The monoisotopic (exact) mass is 248 g/mol. The third-order valence-corrected chi connectivity index (χ3v) is 4.02. The van der Waals surface area contributed by atoms with Crippen molar-refractivity contribution >= 4 is 11.4 Å². The van der Waals surface area contributed by atoms with Crippen LogP contribution < -0.4 is 15.8 Å². The van der Waals surface area contributed by atoms with Crippen LogP contribution in [0.2, 0.25) is 0 Å². The molecule has 0 aromatic heterocycles. The fourth-order valence-corrected chi connectivity index (χ4v) is 2.89. The molecule has 18 heavy (non-hydrogen) atoms. The maximum atomic E-state index is 5.83. The molecule has 0 amide bonds. The SMILES string of the molecule is COc1cc(NC2CCC(C)CC2C)ccc1N. The van der Waals surface area contributed by atoms with Gasteiger partial charge in [-0.3, -0.25) is 0 Å².